The summed E-state index contributed by atoms with van der Waals surface area (Å²) in [5.41, 5.74) is 1.26. The highest BCUT2D eigenvalue weighted by Crippen LogP contribution is 2.17. The van der Waals surface area contributed by atoms with Crippen LogP contribution in [-0.2, 0) is 11.2 Å². The van der Waals surface area contributed by atoms with E-state index in [4.69, 9.17) is 0 Å². The Balaban J connectivity index is 0.00000220. The Bertz CT molecular complexity index is 419. The van der Waals surface area contributed by atoms with Gasteiger partial charge in [0.25, 0.3) is 0 Å². The lowest BCUT2D eigenvalue weighted by Crippen LogP contribution is -2.30. The van der Waals surface area contributed by atoms with Crippen molar-refractivity contribution in [3.63, 3.8) is 0 Å². The molecule has 0 aromatic heterocycles. The van der Waals surface area contributed by atoms with Crippen molar-refractivity contribution in [1.82, 2.24) is 10.6 Å². The van der Waals surface area contributed by atoms with E-state index in [1.807, 2.05) is 12.1 Å². The Morgan fingerprint density at radius 3 is 2.57 bits per heavy atom. The Morgan fingerprint density at radius 2 is 1.90 bits per heavy atom. The molecule has 1 heterocycles. The first-order valence-corrected chi connectivity index (χ1v) is 8.25. The molecule has 0 spiro atoms. The van der Waals surface area contributed by atoms with Gasteiger partial charge in [-0.25, -0.2) is 0 Å². The van der Waals surface area contributed by atoms with Gasteiger partial charge < -0.3 is 10.6 Å². The first-order chi connectivity index (χ1) is 9.74. The van der Waals surface area contributed by atoms with Crippen molar-refractivity contribution in [2.24, 2.45) is 5.92 Å². The summed E-state index contributed by atoms with van der Waals surface area (Å²) in [5.74, 6) is 0.925. The second-order valence-electron chi connectivity index (χ2n) is 5.46. The van der Waals surface area contributed by atoms with Gasteiger partial charge in [0.05, 0.1) is 0 Å². The van der Waals surface area contributed by atoms with Crippen LogP contribution in [0.1, 0.15) is 31.2 Å². The molecule has 0 radical (unpaired) electrons. The summed E-state index contributed by atoms with van der Waals surface area (Å²) >= 11 is 3.42. The molecule has 0 aliphatic carbocycles. The zero-order valence-electron chi connectivity index (χ0n) is 12.2. The SMILES string of the molecule is Cl.O=C(CCC1CCNCC1)NCCc1ccc(Br)cc1. The molecule has 2 N–H and O–H groups in total. The van der Waals surface area contributed by atoms with Crippen molar-refractivity contribution >= 4 is 34.2 Å². The normalized spacial score (nSPS) is 15.3. The largest absolute Gasteiger partial charge is 0.356 e. The molecule has 21 heavy (non-hydrogen) atoms. The van der Waals surface area contributed by atoms with Gasteiger partial charge in [-0.1, -0.05) is 28.1 Å². The average molecular weight is 376 g/mol. The standard InChI is InChI=1S/C16H23BrN2O.ClH/c17-15-4-1-13(2-5-15)9-12-19-16(20)6-3-14-7-10-18-11-8-14;/h1-2,4-5,14,18H,3,6-12H2,(H,19,20);1H. The second-order valence-corrected chi connectivity index (χ2v) is 6.37. The number of benzene rings is 1. The van der Waals surface area contributed by atoms with E-state index in [-0.39, 0.29) is 18.3 Å². The van der Waals surface area contributed by atoms with Crippen LogP contribution in [-0.4, -0.2) is 25.5 Å². The molecule has 0 unspecified atom stereocenters. The summed E-state index contributed by atoms with van der Waals surface area (Å²) in [6, 6.07) is 8.25. The van der Waals surface area contributed by atoms with Gasteiger partial charge in [0.2, 0.25) is 5.91 Å². The Labute approximate surface area is 141 Å². The van der Waals surface area contributed by atoms with Crippen molar-refractivity contribution in [3.8, 4) is 0 Å². The first-order valence-electron chi connectivity index (χ1n) is 7.46. The Morgan fingerprint density at radius 1 is 1.24 bits per heavy atom. The van der Waals surface area contributed by atoms with Crippen LogP contribution in [0.15, 0.2) is 28.7 Å². The summed E-state index contributed by atoms with van der Waals surface area (Å²) in [6.45, 7) is 2.94. The number of piperidine rings is 1. The number of carbonyl (C=O) groups is 1. The van der Waals surface area contributed by atoms with Gasteiger partial charge >= 0.3 is 0 Å². The van der Waals surface area contributed by atoms with Gasteiger partial charge in [-0.2, -0.15) is 0 Å². The zero-order valence-corrected chi connectivity index (χ0v) is 14.6. The summed E-state index contributed by atoms with van der Waals surface area (Å²) < 4.78 is 1.09. The number of halogens is 2. The molecule has 1 aromatic rings. The maximum Gasteiger partial charge on any atom is 0.220 e. The minimum atomic E-state index is 0. The zero-order chi connectivity index (χ0) is 14.2. The second kappa shape index (κ2) is 10.2. The predicted octanol–water partition coefficient (Wildman–Crippen LogP) is 3.31. The maximum absolute atomic E-state index is 11.8. The van der Waals surface area contributed by atoms with E-state index < -0.39 is 0 Å². The number of nitrogens with one attached hydrogen (secondary N) is 2. The highest BCUT2D eigenvalue weighted by molar-refractivity contribution is 9.10. The van der Waals surface area contributed by atoms with Crippen LogP contribution in [0.2, 0.25) is 0 Å². The molecular formula is C16H24BrClN2O. The monoisotopic (exact) mass is 374 g/mol. The Hall–Kier alpha value is -0.580. The third-order valence-electron chi connectivity index (χ3n) is 3.89. The van der Waals surface area contributed by atoms with Crippen molar-refractivity contribution in [3.05, 3.63) is 34.3 Å². The molecule has 1 aromatic carbocycles. The average Bonchev–Trinajstić information content (AvgIpc) is 2.48. The molecule has 118 valence electrons. The minimum Gasteiger partial charge on any atom is -0.356 e. The number of amides is 1. The molecule has 5 heteroatoms. The lowest BCUT2D eigenvalue weighted by atomic mass is 9.93. The van der Waals surface area contributed by atoms with Gasteiger partial charge in [0, 0.05) is 17.4 Å². The molecule has 0 saturated carbocycles. The third kappa shape index (κ3) is 7.30. The van der Waals surface area contributed by atoms with Gasteiger partial charge in [-0.3, -0.25) is 4.79 Å². The van der Waals surface area contributed by atoms with Crippen LogP contribution < -0.4 is 10.6 Å². The summed E-state index contributed by atoms with van der Waals surface area (Å²) in [4.78, 5) is 11.8. The molecule has 0 bridgehead atoms. The number of hydrogen-bond donors (Lipinski definition) is 2. The van der Waals surface area contributed by atoms with E-state index in [2.05, 4.69) is 38.7 Å². The van der Waals surface area contributed by atoms with E-state index in [0.29, 0.717) is 6.42 Å². The van der Waals surface area contributed by atoms with E-state index in [1.165, 1.54) is 18.4 Å². The minimum absolute atomic E-state index is 0. The number of carbonyl (C=O) groups excluding carboxylic acids is 1. The van der Waals surface area contributed by atoms with Crippen molar-refractivity contribution < 1.29 is 4.79 Å². The Kier molecular flexibility index (Phi) is 8.97. The van der Waals surface area contributed by atoms with E-state index in [0.717, 1.165) is 42.9 Å². The molecule has 1 aliphatic rings. The van der Waals surface area contributed by atoms with Gasteiger partial charge in [0.1, 0.15) is 0 Å². The summed E-state index contributed by atoms with van der Waals surface area (Å²) in [5, 5.41) is 6.37. The van der Waals surface area contributed by atoms with Crippen LogP contribution in [0.4, 0.5) is 0 Å². The van der Waals surface area contributed by atoms with E-state index in [1.54, 1.807) is 0 Å². The molecule has 1 fully saturated rings. The van der Waals surface area contributed by atoms with Crippen LogP contribution in [0.5, 0.6) is 0 Å². The van der Waals surface area contributed by atoms with Gasteiger partial charge in [0.15, 0.2) is 0 Å². The van der Waals surface area contributed by atoms with Crippen LogP contribution in [0.25, 0.3) is 0 Å². The third-order valence-corrected chi connectivity index (χ3v) is 4.42. The smallest absolute Gasteiger partial charge is 0.220 e. The fourth-order valence-electron chi connectivity index (χ4n) is 2.59. The van der Waals surface area contributed by atoms with Crippen molar-refractivity contribution in [2.75, 3.05) is 19.6 Å². The first kappa shape index (κ1) is 18.5. The lowest BCUT2D eigenvalue weighted by molar-refractivity contribution is -0.121. The summed E-state index contributed by atoms with van der Waals surface area (Å²) in [6.07, 6.45) is 5.03. The van der Waals surface area contributed by atoms with Gasteiger partial charge in [-0.15, -0.1) is 12.4 Å². The molecule has 3 nitrogen and oxygen atoms in total. The quantitative estimate of drug-likeness (QED) is 0.801. The fourth-order valence-corrected chi connectivity index (χ4v) is 2.86. The summed E-state index contributed by atoms with van der Waals surface area (Å²) in [7, 11) is 0. The van der Waals surface area contributed by atoms with Crippen LogP contribution in [0, 0.1) is 5.92 Å². The highest BCUT2D eigenvalue weighted by Gasteiger charge is 2.14. The predicted molar refractivity (Wildman–Crippen MR) is 92.9 cm³/mol. The number of hydrogen-bond acceptors (Lipinski definition) is 2. The fraction of sp³-hybridized carbons (Fsp3) is 0.562. The van der Waals surface area contributed by atoms with Crippen molar-refractivity contribution in [2.45, 2.75) is 32.1 Å². The van der Waals surface area contributed by atoms with Gasteiger partial charge in [-0.05, 0) is 62.4 Å². The van der Waals surface area contributed by atoms with E-state index >= 15 is 0 Å². The van der Waals surface area contributed by atoms with E-state index in [9.17, 15) is 4.79 Å². The molecule has 1 aliphatic heterocycles. The lowest BCUT2D eigenvalue weighted by Gasteiger charge is -2.22. The topological polar surface area (TPSA) is 41.1 Å². The molecular weight excluding hydrogens is 352 g/mol. The molecule has 1 saturated heterocycles. The maximum atomic E-state index is 11.8. The van der Waals surface area contributed by atoms with Crippen molar-refractivity contribution in [1.29, 1.82) is 0 Å². The van der Waals surface area contributed by atoms with Crippen LogP contribution >= 0.6 is 28.3 Å². The molecule has 1 amide bonds. The molecule has 2 rings (SSSR count). The number of rotatable bonds is 6. The highest BCUT2D eigenvalue weighted by atomic mass is 79.9. The van der Waals surface area contributed by atoms with Crippen LogP contribution in [0.3, 0.4) is 0 Å². The molecule has 0 atom stereocenters.